The number of fused-ring (bicyclic) bond motifs is 1. The van der Waals surface area contributed by atoms with E-state index in [0.29, 0.717) is 30.8 Å². The van der Waals surface area contributed by atoms with E-state index >= 15 is 0 Å². The van der Waals surface area contributed by atoms with Crippen LogP contribution in [0.1, 0.15) is 12.0 Å². The number of aromatic hydroxyl groups is 1. The van der Waals surface area contributed by atoms with Gasteiger partial charge in [-0.3, -0.25) is 0 Å². The number of amides is 1. The molecule has 29 heavy (non-hydrogen) atoms. The molecule has 2 aromatic carbocycles. The molecule has 1 unspecified atom stereocenters. The topological polar surface area (TPSA) is 98.6 Å². The Labute approximate surface area is 172 Å². The standard InChI is InChI=1S/C20H19FN4O3.ClH/c1-11-5-6-13-15(9-11)23-18(17-14(21)3-2-4-16(17)26)24-19(13)25-8-7-12(10-25)22-20(27)28;/h2-6,9,12,22,26H,7-8,10H2,1H3,(H,27,28);1H. The maximum atomic E-state index is 14.4. The van der Waals surface area contributed by atoms with Crippen LogP contribution >= 0.6 is 12.4 Å². The van der Waals surface area contributed by atoms with Crippen molar-refractivity contribution in [2.24, 2.45) is 0 Å². The molecule has 1 aliphatic heterocycles. The summed E-state index contributed by atoms with van der Waals surface area (Å²) in [6.45, 7) is 2.99. The Kier molecular flexibility index (Phi) is 5.74. The van der Waals surface area contributed by atoms with Gasteiger partial charge in [-0.1, -0.05) is 12.1 Å². The molecule has 1 saturated heterocycles. The summed E-state index contributed by atoms with van der Waals surface area (Å²) in [5, 5.41) is 22.4. The smallest absolute Gasteiger partial charge is 0.404 e. The predicted octanol–water partition coefficient (Wildman–Crippen LogP) is 3.72. The van der Waals surface area contributed by atoms with Crippen LogP contribution in [0.4, 0.5) is 15.0 Å². The fraction of sp³-hybridized carbons (Fsp3) is 0.250. The molecule has 4 rings (SSSR count). The van der Waals surface area contributed by atoms with Crippen LogP contribution < -0.4 is 10.2 Å². The van der Waals surface area contributed by atoms with E-state index in [1.54, 1.807) is 0 Å². The van der Waals surface area contributed by atoms with Crippen LogP contribution in [-0.2, 0) is 0 Å². The monoisotopic (exact) mass is 418 g/mol. The number of aryl methyl sites for hydroxylation is 1. The average Bonchev–Trinajstić information content (AvgIpc) is 3.08. The molecule has 0 bridgehead atoms. The summed E-state index contributed by atoms with van der Waals surface area (Å²) in [7, 11) is 0. The van der Waals surface area contributed by atoms with Gasteiger partial charge in [-0.2, -0.15) is 0 Å². The van der Waals surface area contributed by atoms with E-state index in [0.717, 1.165) is 10.9 Å². The highest BCUT2D eigenvalue weighted by molar-refractivity contribution is 5.92. The van der Waals surface area contributed by atoms with Crippen molar-refractivity contribution in [1.82, 2.24) is 15.3 Å². The van der Waals surface area contributed by atoms with Crippen molar-refractivity contribution in [3.05, 3.63) is 47.8 Å². The number of nitrogens with one attached hydrogen (secondary N) is 1. The summed E-state index contributed by atoms with van der Waals surface area (Å²) in [5.74, 6) is -0.148. The highest BCUT2D eigenvalue weighted by Gasteiger charge is 2.27. The largest absolute Gasteiger partial charge is 0.507 e. The summed E-state index contributed by atoms with van der Waals surface area (Å²) in [6.07, 6.45) is -0.420. The number of hydrogen-bond acceptors (Lipinski definition) is 5. The van der Waals surface area contributed by atoms with Crippen molar-refractivity contribution in [3.63, 3.8) is 0 Å². The van der Waals surface area contributed by atoms with Crippen LogP contribution in [0.5, 0.6) is 5.75 Å². The van der Waals surface area contributed by atoms with Gasteiger partial charge in [0.15, 0.2) is 5.82 Å². The maximum absolute atomic E-state index is 14.4. The van der Waals surface area contributed by atoms with Crippen molar-refractivity contribution < 1.29 is 19.4 Å². The van der Waals surface area contributed by atoms with Gasteiger partial charge in [0.05, 0.1) is 17.1 Å². The highest BCUT2D eigenvalue weighted by Crippen LogP contribution is 2.34. The van der Waals surface area contributed by atoms with Gasteiger partial charge < -0.3 is 20.4 Å². The number of phenolic OH excluding ortho intramolecular Hbond substituents is 1. The molecule has 7 nitrogen and oxygen atoms in total. The summed E-state index contributed by atoms with van der Waals surface area (Å²) in [6, 6.07) is 9.58. The zero-order valence-electron chi connectivity index (χ0n) is 15.6. The van der Waals surface area contributed by atoms with Crippen LogP contribution in [0.3, 0.4) is 0 Å². The molecular formula is C20H20ClFN4O3. The average molecular weight is 419 g/mol. The molecule has 0 saturated carbocycles. The molecule has 0 radical (unpaired) electrons. The quantitative estimate of drug-likeness (QED) is 0.599. The molecule has 0 spiro atoms. The van der Waals surface area contributed by atoms with Gasteiger partial charge >= 0.3 is 6.09 Å². The van der Waals surface area contributed by atoms with E-state index in [1.165, 1.54) is 18.2 Å². The number of carboxylic acid groups (broad SMARTS) is 1. The third-order valence-electron chi connectivity index (χ3n) is 4.86. The number of phenols is 1. The molecule has 1 fully saturated rings. The molecule has 1 amide bonds. The first kappa shape index (κ1) is 20.6. The zero-order valence-corrected chi connectivity index (χ0v) is 16.4. The molecule has 1 atom stereocenters. The number of anilines is 1. The number of aromatic nitrogens is 2. The van der Waals surface area contributed by atoms with Crippen molar-refractivity contribution in [1.29, 1.82) is 0 Å². The van der Waals surface area contributed by atoms with Gasteiger partial charge in [0, 0.05) is 18.5 Å². The molecular weight excluding hydrogens is 399 g/mol. The summed E-state index contributed by atoms with van der Waals surface area (Å²) >= 11 is 0. The Morgan fingerprint density at radius 1 is 1.28 bits per heavy atom. The zero-order chi connectivity index (χ0) is 19.8. The molecule has 1 aromatic heterocycles. The minimum Gasteiger partial charge on any atom is -0.507 e. The van der Waals surface area contributed by atoms with Crippen LogP contribution in [0.15, 0.2) is 36.4 Å². The Balaban J connectivity index is 0.00000240. The lowest BCUT2D eigenvalue weighted by Crippen LogP contribution is -2.36. The second-order valence-electron chi connectivity index (χ2n) is 6.91. The first-order valence-corrected chi connectivity index (χ1v) is 8.93. The minimum absolute atomic E-state index is 0. The molecule has 0 aliphatic carbocycles. The van der Waals surface area contributed by atoms with E-state index in [9.17, 15) is 14.3 Å². The fourth-order valence-corrected chi connectivity index (χ4v) is 3.55. The number of nitrogens with zero attached hydrogens (tertiary/aromatic N) is 3. The number of hydrogen-bond donors (Lipinski definition) is 3. The Morgan fingerprint density at radius 2 is 2.07 bits per heavy atom. The summed E-state index contributed by atoms with van der Waals surface area (Å²) < 4.78 is 14.4. The lowest BCUT2D eigenvalue weighted by molar-refractivity contribution is 0.191. The SMILES string of the molecule is Cc1ccc2c(N3CCC(NC(=O)O)C3)nc(-c3c(O)cccc3F)nc2c1.Cl. The van der Waals surface area contributed by atoms with Gasteiger partial charge in [-0.05, 0) is 43.2 Å². The lowest BCUT2D eigenvalue weighted by Gasteiger charge is -2.20. The summed E-state index contributed by atoms with van der Waals surface area (Å²) in [5.41, 5.74) is 1.58. The molecule has 3 aromatic rings. The van der Waals surface area contributed by atoms with Crippen LogP contribution in [0, 0.1) is 12.7 Å². The van der Waals surface area contributed by atoms with Gasteiger partial charge in [0.1, 0.15) is 17.4 Å². The molecule has 1 aliphatic rings. The lowest BCUT2D eigenvalue weighted by atomic mass is 10.1. The number of halogens is 2. The van der Waals surface area contributed by atoms with Gasteiger partial charge in [-0.15, -0.1) is 12.4 Å². The Hall–Kier alpha value is -3.13. The van der Waals surface area contributed by atoms with Crippen molar-refractivity contribution in [2.45, 2.75) is 19.4 Å². The number of rotatable bonds is 3. The molecule has 2 heterocycles. The summed E-state index contributed by atoms with van der Waals surface area (Å²) in [4.78, 5) is 21.9. The Morgan fingerprint density at radius 3 is 2.79 bits per heavy atom. The third-order valence-corrected chi connectivity index (χ3v) is 4.86. The highest BCUT2D eigenvalue weighted by atomic mass is 35.5. The van der Waals surface area contributed by atoms with Crippen molar-refractivity contribution in [2.75, 3.05) is 18.0 Å². The molecule has 3 N–H and O–H groups in total. The Bertz CT molecular complexity index is 1060. The van der Waals surface area contributed by atoms with Crippen LogP contribution in [0.25, 0.3) is 22.3 Å². The third kappa shape index (κ3) is 4.02. The molecule has 9 heteroatoms. The number of benzene rings is 2. The fourth-order valence-electron chi connectivity index (χ4n) is 3.55. The number of carbonyl (C=O) groups is 1. The molecule has 152 valence electrons. The van der Waals surface area contributed by atoms with Gasteiger partial charge in [0.2, 0.25) is 0 Å². The van der Waals surface area contributed by atoms with Crippen LogP contribution in [-0.4, -0.2) is 45.4 Å². The van der Waals surface area contributed by atoms with Gasteiger partial charge in [-0.25, -0.2) is 19.2 Å². The van der Waals surface area contributed by atoms with E-state index in [2.05, 4.69) is 15.3 Å². The first-order valence-electron chi connectivity index (χ1n) is 8.93. The maximum Gasteiger partial charge on any atom is 0.404 e. The predicted molar refractivity (Wildman–Crippen MR) is 110 cm³/mol. The van der Waals surface area contributed by atoms with Crippen LogP contribution in [0.2, 0.25) is 0 Å². The van der Waals surface area contributed by atoms with E-state index in [-0.39, 0.29) is 35.6 Å². The van der Waals surface area contributed by atoms with E-state index < -0.39 is 11.9 Å². The van der Waals surface area contributed by atoms with Gasteiger partial charge in [0.25, 0.3) is 0 Å². The van der Waals surface area contributed by atoms with Crippen molar-refractivity contribution in [3.8, 4) is 17.1 Å². The second kappa shape index (κ2) is 8.08. The van der Waals surface area contributed by atoms with E-state index in [4.69, 9.17) is 5.11 Å². The second-order valence-corrected chi connectivity index (χ2v) is 6.91. The minimum atomic E-state index is -1.06. The van der Waals surface area contributed by atoms with E-state index in [1.807, 2.05) is 30.0 Å². The normalized spacial score (nSPS) is 15.9. The first-order chi connectivity index (χ1) is 13.4. The van der Waals surface area contributed by atoms with Crippen molar-refractivity contribution >= 4 is 35.2 Å².